The van der Waals surface area contributed by atoms with Gasteiger partial charge in [0.15, 0.2) is 0 Å². The molecule has 2 N–H and O–H groups in total. The van der Waals surface area contributed by atoms with Crippen molar-refractivity contribution in [2.45, 2.75) is 32.2 Å². The number of halogens is 1. The first-order chi connectivity index (χ1) is 8.97. The highest BCUT2D eigenvalue weighted by Crippen LogP contribution is 2.41. The van der Waals surface area contributed by atoms with Crippen molar-refractivity contribution in [2.75, 3.05) is 0 Å². The van der Waals surface area contributed by atoms with E-state index >= 15 is 0 Å². The Bertz CT molecular complexity index is 511. The van der Waals surface area contributed by atoms with Gasteiger partial charge in [0, 0.05) is 5.56 Å². The summed E-state index contributed by atoms with van der Waals surface area (Å²) in [5.74, 6) is -2.03. The van der Waals surface area contributed by atoms with E-state index in [0.717, 1.165) is 6.42 Å². The molecule has 0 heterocycles. The maximum absolute atomic E-state index is 13.6. The number of carboxylic acids is 1. The molecule has 0 spiro atoms. The molecule has 1 aliphatic rings. The van der Waals surface area contributed by atoms with Gasteiger partial charge in [-0.15, -0.1) is 0 Å². The largest absolute Gasteiger partial charge is 0.480 e. The molecule has 1 unspecified atom stereocenters. The summed E-state index contributed by atoms with van der Waals surface area (Å²) in [5, 5.41) is 11.8. The van der Waals surface area contributed by atoms with Crippen LogP contribution in [0.25, 0.3) is 0 Å². The second-order valence-electron chi connectivity index (χ2n) is 4.96. The summed E-state index contributed by atoms with van der Waals surface area (Å²) >= 11 is 0. The Morgan fingerprint density at radius 1 is 1.37 bits per heavy atom. The number of amides is 1. The van der Waals surface area contributed by atoms with Crippen LogP contribution < -0.4 is 5.32 Å². The lowest BCUT2D eigenvalue weighted by atomic mass is 9.68. The molecule has 5 heteroatoms. The van der Waals surface area contributed by atoms with Gasteiger partial charge in [-0.25, -0.2) is 4.39 Å². The Labute approximate surface area is 110 Å². The summed E-state index contributed by atoms with van der Waals surface area (Å²) in [4.78, 5) is 23.3. The van der Waals surface area contributed by atoms with Crippen molar-refractivity contribution in [3.63, 3.8) is 0 Å². The SMILES string of the molecule is CC(NC(=O)C1(C(=O)O)CCC1)c1ccccc1F. The Balaban J connectivity index is 2.11. The quantitative estimate of drug-likeness (QED) is 0.821. The second-order valence-corrected chi connectivity index (χ2v) is 4.96. The van der Waals surface area contributed by atoms with Crippen LogP contribution in [0.15, 0.2) is 24.3 Å². The molecular formula is C14H16FNO3. The first-order valence-electron chi connectivity index (χ1n) is 6.26. The standard InChI is InChI=1S/C14H16FNO3/c1-9(10-5-2-3-6-11(10)15)16-12(17)14(13(18)19)7-4-8-14/h2-3,5-6,9H,4,7-8H2,1H3,(H,16,17)(H,18,19). The van der Waals surface area contributed by atoms with Crippen LogP contribution in [-0.2, 0) is 9.59 Å². The number of carbonyl (C=O) groups excluding carboxylic acids is 1. The summed E-state index contributed by atoms with van der Waals surface area (Å²) in [6, 6.07) is 5.59. The number of nitrogens with one attached hydrogen (secondary N) is 1. The number of carbonyl (C=O) groups is 2. The Morgan fingerprint density at radius 2 is 2.00 bits per heavy atom. The van der Waals surface area contributed by atoms with E-state index in [0.29, 0.717) is 18.4 Å². The fourth-order valence-corrected chi connectivity index (χ4v) is 2.31. The van der Waals surface area contributed by atoms with E-state index in [1.165, 1.54) is 6.07 Å². The van der Waals surface area contributed by atoms with E-state index in [9.17, 15) is 14.0 Å². The minimum Gasteiger partial charge on any atom is -0.480 e. The number of hydrogen-bond acceptors (Lipinski definition) is 2. The molecule has 0 aromatic heterocycles. The van der Waals surface area contributed by atoms with Crippen LogP contribution in [0.5, 0.6) is 0 Å². The number of hydrogen-bond donors (Lipinski definition) is 2. The minimum absolute atomic E-state index is 0.345. The van der Waals surface area contributed by atoms with Gasteiger partial charge in [-0.05, 0) is 25.8 Å². The summed E-state index contributed by atoms with van der Waals surface area (Å²) in [7, 11) is 0. The van der Waals surface area contributed by atoms with Crippen molar-refractivity contribution in [1.82, 2.24) is 5.32 Å². The van der Waals surface area contributed by atoms with Crippen molar-refractivity contribution in [3.05, 3.63) is 35.6 Å². The lowest BCUT2D eigenvalue weighted by molar-refractivity contribution is -0.162. The third-order valence-corrected chi connectivity index (χ3v) is 3.77. The highest BCUT2D eigenvalue weighted by Gasteiger charge is 2.51. The Kier molecular flexibility index (Phi) is 3.55. The summed E-state index contributed by atoms with van der Waals surface area (Å²) in [6.07, 6.45) is 1.42. The lowest BCUT2D eigenvalue weighted by Crippen LogP contribution is -2.51. The molecule has 1 amide bonds. The van der Waals surface area contributed by atoms with Gasteiger partial charge in [-0.3, -0.25) is 9.59 Å². The summed E-state index contributed by atoms with van der Waals surface area (Å²) < 4.78 is 13.6. The normalized spacial score (nSPS) is 18.2. The van der Waals surface area contributed by atoms with Gasteiger partial charge in [0.2, 0.25) is 5.91 Å². The van der Waals surface area contributed by atoms with Crippen LogP contribution in [0.1, 0.15) is 37.8 Å². The predicted molar refractivity (Wildman–Crippen MR) is 66.9 cm³/mol. The van der Waals surface area contributed by atoms with Crippen LogP contribution in [0.2, 0.25) is 0 Å². The molecule has 2 rings (SSSR count). The molecule has 0 radical (unpaired) electrons. The molecule has 0 bridgehead atoms. The summed E-state index contributed by atoms with van der Waals surface area (Å²) in [5.41, 5.74) is -0.963. The van der Waals surface area contributed by atoms with E-state index in [4.69, 9.17) is 5.11 Å². The second kappa shape index (κ2) is 4.99. The van der Waals surface area contributed by atoms with Crippen molar-refractivity contribution in [3.8, 4) is 0 Å². The lowest BCUT2D eigenvalue weighted by Gasteiger charge is -2.36. The zero-order valence-corrected chi connectivity index (χ0v) is 10.6. The van der Waals surface area contributed by atoms with E-state index < -0.39 is 29.2 Å². The first kappa shape index (κ1) is 13.5. The van der Waals surface area contributed by atoms with Gasteiger partial charge < -0.3 is 10.4 Å². The van der Waals surface area contributed by atoms with E-state index in [1.807, 2.05) is 0 Å². The first-order valence-corrected chi connectivity index (χ1v) is 6.26. The Morgan fingerprint density at radius 3 is 2.47 bits per heavy atom. The molecule has 1 saturated carbocycles. The molecule has 102 valence electrons. The number of benzene rings is 1. The molecule has 1 aliphatic carbocycles. The average Bonchev–Trinajstić information content (AvgIpc) is 2.26. The van der Waals surface area contributed by atoms with Crippen molar-refractivity contribution >= 4 is 11.9 Å². The van der Waals surface area contributed by atoms with Crippen LogP contribution in [0, 0.1) is 11.2 Å². The van der Waals surface area contributed by atoms with Gasteiger partial charge in [0.25, 0.3) is 0 Å². The topological polar surface area (TPSA) is 66.4 Å². The smallest absolute Gasteiger partial charge is 0.319 e. The predicted octanol–water partition coefficient (Wildman–Crippen LogP) is 2.26. The molecule has 1 fully saturated rings. The zero-order valence-electron chi connectivity index (χ0n) is 10.6. The van der Waals surface area contributed by atoms with Gasteiger partial charge in [-0.2, -0.15) is 0 Å². The molecule has 19 heavy (non-hydrogen) atoms. The maximum Gasteiger partial charge on any atom is 0.319 e. The van der Waals surface area contributed by atoms with Gasteiger partial charge in [-0.1, -0.05) is 24.6 Å². The molecular weight excluding hydrogens is 249 g/mol. The Hall–Kier alpha value is -1.91. The fraction of sp³-hybridized carbons (Fsp3) is 0.429. The molecule has 1 atom stereocenters. The van der Waals surface area contributed by atoms with Gasteiger partial charge >= 0.3 is 5.97 Å². The van der Waals surface area contributed by atoms with Crippen molar-refractivity contribution in [1.29, 1.82) is 0 Å². The molecule has 0 aliphatic heterocycles. The monoisotopic (exact) mass is 265 g/mol. The molecule has 4 nitrogen and oxygen atoms in total. The molecule has 0 saturated heterocycles. The highest BCUT2D eigenvalue weighted by atomic mass is 19.1. The number of carboxylic acid groups (broad SMARTS) is 1. The van der Waals surface area contributed by atoms with Gasteiger partial charge in [0.1, 0.15) is 11.2 Å². The van der Waals surface area contributed by atoms with Crippen LogP contribution >= 0.6 is 0 Å². The maximum atomic E-state index is 13.6. The van der Waals surface area contributed by atoms with E-state index in [-0.39, 0.29) is 0 Å². The van der Waals surface area contributed by atoms with Crippen molar-refractivity contribution < 1.29 is 19.1 Å². The highest BCUT2D eigenvalue weighted by molar-refractivity contribution is 6.02. The summed E-state index contributed by atoms with van der Waals surface area (Å²) in [6.45, 7) is 1.64. The molecule has 1 aromatic carbocycles. The van der Waals surface area contributed by atoms with Crippen LogP contribution in [-0.4, -0.2) is 17.0 Å². The average molecular weight is 265 g/mol. The van der Waals surface area contributed by atoms with Gasteiger partial charge in [0.05, 0.1) is 6.04 Å². The van der Waals surface area contributed by atoms with E-state index in [1.54, 1.807) is 25.1 Å². The molecule has 1 aromatic rings. The van der Waals surface area contributed by atoms with E-state index in [2.05, 4.69) is 5.32 Å². The third kappa shape index (κ3) is 2.32. The fourth-order valence-electron chi connectivity index (χ4n) is 2.31. The van der Waals surface area contributed by atoms with Crippen LogP contribution in [0.4, 0.5) is 4.39 Å². The third-order valence-electron chi connectivity index (χ3n) is 3.77. The minimum atomic E-state index is -1.32. The number of rotatable bonds is 4. The zero-order chi connectivity index (χ0) is 14.0. The van der Waals surface area contributed by atoms with Crippen LogP contribution in [0.3, 0.4) is 0 Å². The number of aliphatic carboxylic acids is 1. The van der Waals surface area contributed by atoms with Crippen molar-refractivity contribution in [2.24, 2.45) is 5.41 Å².